The number of piperidine rings is 1. The Morgan fingerprint density at radius 3 is 2.67 bits per heavy atom. The molecule has 1 aromatic heterocycles. The van der Waals surface area contributed by atoms with E-state index in [4.69, 9.17) is 4.74 Å². The SMILES string of the molecule is O=C(CN1CCOC1=O)N1CCC(c2cc(Cc3ccccc3)[nH]n2)CC1. The lowest BCUT2D eigenvalue weighted by Gasteiger charge is -2.32. The van der Waals surface area contributed by atoms with Crippen LogP contribution in [0.5, 0.6) is 0 Å². The number of nitrogens with zero attached hydrogens (tertiary/aromatic N) is 3. The van der Waals surface area contributed by atoms with Crippen LogP contribution in [-0.4, -0.2) is 64.8 Å². The van der Waals surface area contributed by atoms with E-state index in [0.29, 0.717) is 32.2 Å². The topological polar surface area (TPSA) is 78.5 Å². The molecule has 3 heterocycles. The summed E-state index contributed by atoms with van der Waals surface area (Å²) in [5.41, 5.74) is 3.45. The highest BCUT2D eigenvalue weighted by Gasteiger charge is 2.29. The summed E-state index contributed by atoms with van der Waals surface area (Å²) >= 11 is 0. The molecule has 2 aliphatic rings. The third kappa shape index (κ3) is 4.13. The predicted octanol–water partition coefficient (Wildman–Crippen LogP) is 2.16. The summed E-state index contributed by atoms with van der Waals surface area (Å²) in [5.74, 6) is 0.366. The van der Waals surface area contributed by atoms with Crippen molar-refractivity contribution in [3.05, 3.63) is 53.3 Å². The summed E-state index contributed by atoms with van der Waals surface area (Å²) in [7, 11) is 0. The minimum absolute atomic E-state index is 0.000838. The zero-order valence-electron chi connectivity index (χ0n) is 15.3. The molecule has 2 fully saturated rings. The first-order chi connectivity index (χ1) is 13.2. The van der Waals surface area contributed by atoms with Crippen molar-refractivity contribution in [2.24, 2.45) is 0 Å². The van der Waals surface area contributed by atoms with E-state index in [9.17, 15) is 9.59 Å². The average molecular weight is 368 g/mol. The molecule has 0 spiro atoms. The zero-order chi connectivity index (χ0) is 18.6. The van der Waals surface area contributed by atoms with E-state index in [1.165, 1.54) is 10.5 Å². The molecule has 2 aromatic rings. The number of aromatic nitrogens is 2. The lowest BCUT2D eigenvalue weighted by molar-refractivity contribution is -0.132. The van der Waals surface area contributed by atoms with Crippen LogP contribution in [0, 0.1) is 0 Å². The number of ether oxygens (including phenoxy) is 1. The Bertz CT molecular complexity index is 797. The van der Waals surface area contributed by atoms with Gasteiger partial charge in [-0.3, -0.25) is 14.8 Å². The molecule has 2 saturated heterocycles. The van der Waals surface area contributed by atoms with Crippen LogP contribution < -0.4 is 0 Å². The number of hydrogen-bond donors (Lipinski definition) is 1. The van der Waals surface area contributed by atoms with Gasteiger partial charge >= 0.3 is 6.09 Å². The summed E-state index contributed by atoms with van der Waals surface area (Å²) in [6, 6.07) is 12.5. The molecule has 1 aromatic carbocycles. The number of amides is 2. The van der Waals surface area contributed by atoms with Crippen molar-refractivity contribution in [1.29, 1.82) is 0 Å². The lowest BCUT2D eigenvalue weighted by Crippen LogP contribution is -2.44. The van der Waals surface area contributed by atoms with E-state index < -0.39 is 0 Å². The van der Waals surface area contributed by atoms with Gasteiger partial charge in [0.2, 0.25) is 5.91 Å². The Labute approximate surface area is 158 Å². The molecule has 7 heteroatoms. The standard InChI is InChI=1S/C20H24N4O3/c25-19(14-24-10-11-27-20(24)26)23-8-6-16(7-9-23)18-13-17(21-22-18)12-15-4-2-1-3-5-15/h1-5,13,16H,6-12,14H2,(H,21,22). The number of nitrogens with one attached hydrogen (secondary N) is 1. The zero-order valence-corrected chi connectivity index (χ0v) is 15.3. The molecule has 0 bridgehead atoms. The minimum Gasteiger partial charge on any atom is -0.448 e. The number of H-pyrrole nitrogens is 1. The van der Waals surface area contributed by atoms with Crippen LogP contribution in [0.1, 0.15) is 35.7 Å². The van der Waals surface area contributed by atoms with Crippen LogP contribution in [0.4, 0.5) is 4.79 Å². The molecule has 2 aliphatic heterocycles. The summed E-state index contributed by atoms with van der Waals surface area (Å²) in [6.07, 6.45) is 2.25. The van der Waals surface area contributed by atoms with E-state index >= 15 is 0 Å². The van der Waals surface area contributed by atoms with Gasteiger partial charge in [-0.05, 0) is 24.5 Å². The first kappa shape index (κ1) is 17.6. The Kier molecular flexibility index (Phi) is 5.09. The molecule has 7 nitrogen and oxygen atoms in total. The third-order valence-corrected chi connectivity index (χ3v) is 5.33. The van der Waals surface area contributed by atoms with Crippen LogP contribution in [0.3, 0.4) is 0 Å². The van der Waals surface area contributed by atoms with Gasteiger partial charge in [0.25, 0.3) is 0 Å². The molecule has 0 aliphatic carbocycles. The number of cyclic esters (lactones) is 1. The van der Waals surface area contributed by atoms with Gasteiger partial charge in [-0.15, -0.1) is 0 Å². The Balaban J connectivity index is 1.29. The van der Waals surface area contributed by atoms with Crippen molar-refractivity contribution >= 4 is 12.0 Å². The first-order valence-corrected chi connectivity index (χ1v) is 9.46. The van der Waals surface area contributed by atoms with Gasteiger partial charge in [0.1, 0.15) is 13.2 Å². The maximum absolute atomic E-state index is 12.4. The number of rotatable bonds is 5. The van der Waals surface area contributed by atoms with Crippen molar-refractivity contribution in [2.45, 2.75) is 25.2 Å². The third-order valence-electron chi connectivity index (χ3n) is 5.33. The first-order valence-electron chi connectivity index (χ1n) is 9.46. The van der Waals surface area contributed by atoms with Gasteiger partial charge in [-0.2, -0.15) is 5.10 Å². The summed E-state index contributed by atoms with van der Waals surface area (Å²) in [6.45, 7) is 2.39. The monoisotopic (exact) mass is 368 g/mol. The highest BCUT2D eigenvalue weighted by molar-refractivity contribution is 5.83. The molecular formula is C20H24N4O3. The smallest absolute Gasteiger partial charge is 0.410 e. The normalized spacial score (nSPS) is 18.0. The van der Waals surface area contributed by atoms with Crippen LogP contribution >= 0.6 is 0 Å². The number of hydrogen-bond acceptors (Lipinski definition) is 4. The summed E-state index contributed by atoms with van der Waals surface area (Å²) < 4.78 is 4.88. The van der Waals surface area contributed by atoms with E-state index in [1.54, 1.807) is 0 Å². The molecule has 4 rings (SSSR count). The molecule has 142 valence electrons. The average Bonchev–Trinajstić information content (AvgIpc) is 3.32. The second kappa shape index (κ2) is 7.82. The van der Waals surface area contributed by atoms with Crippen LogP contribution in [0.2, 0.25) is 0 Å². The number of carbonyl (C=O) groups is 2. The minimum atomic E-state index is -0.388. The molecule has 1 N–H and O–H groups in total. The van der Waals surface area contributed by atoms with E-state index in [1.807, 2.05) is 23.1 Å². The van der Waals surface area contributed by atoms with Crippen LogP contribution in [0.25, 0.3) is 0 Å². The Morgan fingerprint density at radius 2 is 1.96 bits per heavy atom. The van der Waals surface area contributed by atoms with Gasteiger partial charge in [0.15, 0.2) is 0 Å². The Morgan fingerprint density at radius 1 is 1.19 bits per heavy atom. The van der Waals surface area contributed by atoms with Crippen molar-refractivity contribution < 1.29 is 14.3 Å². The van der Waals surface area contributed by atoms with E-state index in [0.717, 1.165) is 30.7 Å². The van der Waals surface area contributed by atoms with Crippen molar-refractivity contribution in [1.82, 2.24) is 20.0 Å². The quantitative estimate of drug-likeness (QED) is 0.877. The number of carbonyl (C=O) groups excluding carboxylic acids is 2. The van der Waals surface area contributed by atoms with Gasteiger partial charge < -0.3 is 9.64 Å². The maximum Gasteiger partial charge on any atom is 0.410 e. The lowest BCUT2D eigenvalue weighted by atomic mass is 9.93. The fourth-order valence-electron chi connectivity index (χ4n) is 3.75. The van der Waals surface area contributed by atoms with Crippen molar-refractivity contribution in [2.75, 3.05) is 32.8 Å². The van der Waals surface area contributed by atoms with E-state index in [2.05, 4.69) is 28.4 Å². The van der Waals surface area contributed by atoms with Crippen LogP contribution in [-0.2, 0) is 16.0 Å². The van der Waals surface area contributed by atoms with Crippen molar-refractivity contribution in [3.8, 4) is 0 Å². The van der Waals surface area contributed by atoms with Crippen molar-refractivity contribution in [3.63, 3.8) is 0 Å². The van der Waals surface area contributed by atoms with Gasteiger partial charge in [0, 0.05) is 31.1 Å². The molecule has 0 saturated carbocycles. The van der Waals surface area contributed by atoms with Gasteiger partial charge in [0.05, 0.1) is 12.2 Å². The molecular weight excluding hydrogens is 344 g/mol. The largest absolute Gasteiger partial charge is 0.448 e. The van der Waals surface area contributed by atoms with Gasteiger partial charge in [-0.1, -0.05) is 30.3 Å². The molecule has 0 radical (unpaired) electrons. The number of aromatic amines is 1. The van der Waals surface area contributed by atoms with Gasteiger partial charge in [-0.25, -0.2) is 4.79 Å². The fourth-order valence-corrected chi connectivity index (χ4v) is 3.75. The molecule has 27 heavy (non-hydrogen) atoms. The highest BCUT2D eigenvalue weighted by Crippen LogP contribution is 2.27. The van der Waals surface area contributed by atoms with Crippen LogP contribution in [0.15, 0.2) is 36.4 Å². The second-order valence-electron chi connectivity index (χ2n) is 7.17. The summed E-state index contributed by atoms with van der Waals surface area (Å²) in [5, 5.41) is 7.65. The molecule has 0 atom stereocenters. The molecule has 2 amide bonds. The number of likely N-dealkylation sites (tertiary alicyclic amines) is 1. The number of benzene rings is 1. The Hall–Kier alpha value is -2.83. The predicted molar refractivity (Wildman–Crippen MR) is 99.3 cm³/mol. The fraction of sp³-hybridized carbons (Fsp3) is 0.450. The van der Waals surface area contributed by atoms with E-state index in [-0.39, 0.29) is 18.5 Å². The second-order valence-corrected chi connectivity index (χ2v) is 7.17. The maximum atomic E-state index is 12.4. The highest BCUT2D eigenvalue weighted by atomic mass is 16.6. The summed E-state index contributed by atoms with van der Waals surface area (Å²) in [4.78, 5) is 27.2. The molecule has 0 unspecified atom stereocenters.